The number of benzene rings is 1. The van der Waals surface area contributed by atoms with Gasteiger partial charge < -0.3 is 4.74 Å². The summed E-state index contributed by atoms with van der Waals surface area (Å²) in [6.45, 7) is 1.61. The van der Waals surface area contributed by atoms with Crippen LogP contribution in [0.4, 0.5) is 5.69 Å². The lowest BCUT2D eigenvalue weighted by molar-refractivity contribution is -0.385. The topological polar surface area (TPSA) is 104 Å². The van der Waals surface area contributed by atoms with Crippen molar-refractivity contribution in [1.82, 2.24) is 9.38 Å². The van der Waals surface area contributed by atoms with Gasteiger partial charge in [-0.25, -0.2) is 9.78 Å². The predicted octanol–water partition coefficient (Wildman–Crippen LogP) is 2.27. The summed E-state index contributed by atoms with van der Waals surface area (Å²) in [5.41, 5.74) is 0.838. The van der Waals surface area contributed by atoms with E-state index in [1.807, 2.05) is 6.92 Å². The molecule has 1 aromatic carbocycles. The molecule has 8 nitrogen and oxygen atoms in total. The smallest absolute Gasteiger partial charge is 0.345 e. The Hall–Kier alpha value is -3.55. The Morgan fingerprint density at radius 1 is 1.28 bits per heavy atom. The Morgan fingerprint density at radius 3 is 2.80 bits per heavy atom. The van der Waals surface area contributed by atoms with Gasteiger partial charge in [0.25, 0.3) is 11.2 Å². The van der Waals surface area contributed by atoms with Crippen LogP contribution in [0, 0.1) is 17.0 Å². The first-order valence-corrected chi connectivity index (χ1v) is 7.35. The largest absolute Gasteiger partial charge is 0.455 e. The van der Waals surface area contributed by atoms with Crippen molar-refractivity contribution in [2.75, 3.05) is 0 Å². The first kappa shape index (κ1) is 16.3. The summed E-state index contributed by atoms with van der Waals surface area (Å²) in [6.07, 6.45) is 1.61. The fourth-order valence-corrected chi connectivity index (χ4v) is 2.35. The average molecular weight is 339 g/mol. The van der Waals surface area contributed by atoms with Gasteiger partial charge in [-0.2, -0.15) is 0 Å². The second-order valence-corrected chi connectivity index (χ2v) is 5.37. The zero-order valence-corrected chi connectivity index (χ0v) is 13.2. The van der Waals surface area contributed by atoms with Gasteiger partial charge >= 0.3 is 5.97 Å². The number of hydrogen-bond acceptors (Lipinski definition) is 6. The van der Waals surface area contributed by atoms with E-state index in [2.05, 4.69) is 4.98 Å². The first-order chi connectivity index (χ1) is 12.0. The molecule has 0 bridgehead atoms. The molecule has 0 amide bonds. The number of hydrogen-bond donors (Lipinski definition) is 0. The molecule has 2 heterocycles. The first-order valence-electron chi connectivity index (χ1n) is 7.35. The van der Waals surface area contributed by atoms with Gasteiger partial charge in [0.1, 0.15) is 17.8 Å². The van der Waals surface area contributed by atoms with Gasteiger partial charge in [-0.15, -0.1) is 0 Å². The number of fused-ring (bicyclic) bond motifs is 1. The molecule has 0 aliphatic carbocycles. The highest BCUT2D eigenvalue weighted by atomic mass is 16.6. The molecule has 25 heavy (non-hydrogen) atoms. The number of pyridine rings is 1. The molecule has 3 aromatic rings. The van der Waals surface area contributed by atoms with E-state index < -0.39 is 10.9 Å². The molecular weight excluding hydrogens is 326 g/mol. The minimum Gasteiger partial charge on any atom is -0.455 e. The Morgan fingerprint density at radius 2 is 2.04 bits per heavy atom. The standard InChI is InChI=1S/C17H13N3O5/c1-11-6-7-19-15(8-11)18-12(9-16(19)21)10-25-17(22)13-4-2-3-5-14(13)20(23)24/h2-9H,10H2,1H3. The molecule has 0 fully saturated rings. The molecule has 0 saturated heterocycles. The van der Waals surface area contributed by atoms with Crippen LogP contribution in [0.5, 0.6) is 0 Å². The number of nitro groups is 1. The molecule has 8 heteroatoms. The highest BCUT2D eigenvalue weighted by Crippen LogP contribution is 2.19. The molecular formula is C17H13N3O5. The van der Waals surface area contributed by atoms with Crippen molar-refractivity contribution in [3.05, 3.63) is 86.0 Å². The summed E-state index contributed by atoms with van der Waals surface area (Å²) in [4.78, 5) is 38.8. The molecule has 0 spiro atoms. The Kier molecular flexibility index (Phi) is 4.25. The molecule has 0 radical (unpaired) electrons. The fourth-order valence-electron chi connectivity index (χ4n) is 2.35. The zero-order chi connectivity index (χ0) is 18.0. The van der Waals surface area contributed by atoms with E-state index in [1.165, 1.54) is 34.7 Å². The van der Waals surface area contributed by atoms with E-state index in [0.29, 0.717) is 5.65 Å². The van der Waals surface area contributed by atoms with Crippen LogP contribution < -0.4 is 5.56 Å². The van der Waals surface area contributed by atoms with Crippen molar-refractivity contribution < 1.29 is 14.5 Å². The van der Waals surface area contributed by atoms with E-state index in [4.69, 9.17) is 4.74 Å². The van der Waals surface area contributed by atoms with E-state index in [-0.39, 0.29) is 29.1 Å². The van der Waals surface area contributed by atoms with Crippen LogP contribution in [0.1, 0.15) is 21.6 Å². The van der Waals surface area contributed by atoms with Crippen LogP contribution in [0.2, 0.25) is 0 Å². The molecule has 126 valence electrons. The lowest BCUT2D eigenvalue weighted by Crippen LogP contribution is -2.17. The van der Waals surface area contributed by atoms with E-state index >= 15 is 0 Å². The molecule has 0 atom stereocenters. The summed E-state index contributed by atoms with van der Waals surface area (Å²) < 4.78 is 6.46. The maximum absolute atomic E-state index is 12.1. The summed E-state index contributed by atoms with van der Waals surface area (Å²) in [5, 5.41) is 11.0. The van der Waals surface area contributed by atoms with Crippen LogP contribution in [0.15, 0.2) is 53.5 Å². The second-order valence-electron chi connectivity index (χ2n) is 5.37. The van der Waals surface area contributed by atoms with Crippen molar-refractivity contribution in [3.8, 4) is 0 Å². The number of nitro benzene ring substituents is 1. The van der Waals surface area contributed by atoms with Gasteiger partial charge in [-0.05, 0) is 30.7 Å². The Labute approximate surface area is 141 Å². The fraction of sp³-hybridized carbons (Fsp3) is 0.118. The molecule has 0 N–H and O–H groups in total. The van der Waals surface area contributed by atoms with Crippen molar-refractivity contribution in [3.63, 3.8) is 0 Å². The number of para-hydroxylation sites is 1. The number of aryl methyl sites for hydroxylation is 1. The van der Waals surface area contributed by atoms with Gasteiger partial charge in [0.2, 0.25) is 0 Å². The van der Waals surface area contributed by atoms with Crippen LogP contribution in [-0.2, 0) is 11.3 Å². The third-order valence-electron chi connectivity index (χ3n) is 3.55. The van der Waals surface area contributed by atoms with Gasteiger partial charge in [-0.1, -0.05) is 12.1 Å². The number of carbonyl (C=O) groups is 1. The Bertz CT molecular complexity index is 1040. The highest BCUT2D eigenvalue weighted by molar-refractivity contribution is 5.93. The van der Waals surface area contributed by atoms with Gasteiger partial charge in [0.15, 0.2) is 0 Å². The number of esters is 1. The third kappa shape index (κ3) is 3.37. The Balaban J connectivity index is 1.84. The lowest BCUT2D eigenvalue weighted by Gasteiger charge is -2.07. The monoisotopic (exact) mass is 339 g/mol. The van der Waals surface area contributed by atoms with Crippen molar-refractivity contribution in [2.24, 2.45) is 0 Å². The normalized spacial score (nSPS) is 10.6. The number of ether oxygens (including phenoxy) is 1. The number of nitrogens with zero attached hydrogens (tertiary/aromatic N) is 3. The van der Waals surface area contributed by atoms with E-state index in [0.717, 1.165) is 5.56 Å². The highest BCUT2D eigenvalue weighted by Gasteiger charge is 2.20. The van der Waals surface area contributed by atoms with E-state index in [1.54, 1.807) is 18.3 Å². The number of carbonyl (C=O) groups excluding carboxylic acids is 1. The molecule has 2 aromatic heterocycles. The quantitative estimate of drug-likeness (QED) is 0.410. The minimum atomic E-state index is -0.849. The van der Waals surface area contributed by atoms with Gasteiger partial charge in [0, 0.05) is 18.3 Å². The molecule has 0 aliphatic heterocycles. The zero-order valence-electron chi connectivity index (χ0n) is 13.2. The van der Waals surface area contributed by atoms with Crippen molar-refractivity contribution in [1.29, 1.82) is 0 Å². The lowest BCUT2D eigenvalue weighted by atomic mass is 10.2. The molecule has 0 aliphatic rings. The maximum atomic E-state index is 12.1. The van der Waals surface area contributed by atoms with Gasteiger partial charge in [0.05, 0.1) is 10.6 Å². The summed E-state index contributed by atoms with van der Waals surface area (Å²) in [5.74, 6) is -0.849. The maximum Gasteiger partial charge on any atom is 0.345 e. The van der Waals surface area contributed by atoms with Crippen molar-refractivity contribution >= 4 is 17.3 Å². The van der Waals surface area contributed by atoms with Crippen LogP contribution in [-0.4, -0.2) is 20.3 Å². The van der Waals surface area contributed by atoms with Crippen LogP contribution in [0.3, 0.4) is 0 Å². The predicted molar refractivity (Wildman–Crippen MR) is 88.4 cm³/mol. The molecule has 3 rings (SSSR count). The second kappa shape index (κ2) is 6.52. The summed E-state index contributed by atoms with van der Waals surface area (Å²) >= 11 is 0. The van der Waals surface area contributed by atoms with Crippen LogP contribution >= 0.6 is 0 Å². The number of rotatable bonds is 4. The minimum absolute atomic E-state index is 0.152. The molecule has 0 unspecified atom stereocenters. The van der Waals surface area contributed by atoms with Crippen LogP contribution in [0.25, 0.3) is 5.65 Å². The number of aromatic nitrogens is 2. The third-order valence-corrected chi connectivity index (χ3v) is 3.55. The molecule has 0 saturated carbocycles. The van der Waals surface area contributed by atoms with Crippen molar-refractivity contribution in [2.45, 2.75) is 13.5 Å². The van der Waals surface area contributed by atoms with Gasteiger partial charge in [-0.3, -0.25) is 19.3 Å². The van der Waals surface area contributed by atoms with E-state index in [9.17, 15) is 19.7 Å². The average Bonchev–Trinajstić information content (AvgIpc) is 2.59. The summed E-state index contributed by atoms with van der Waals surface area (Å²) in [6, 6.07) is 10.3. The SMILES string of the molecule is Cc1ccn2c(=O)cc(COC(=O)c3ccccc3[N+](=O)[O-])nc2c1. The summed E-state index contributed by atoms with van der Waals surface area (Å²) in [7, 11) is 0.